The fraction of sp³-hybridized carbons (Fsp3) is 0.455. The molecule has 0 fully saturated rings. The van der Waals surface area contributed by atoms with Gasteiger partial charge < -0.3 is 4.74 Å². The minimum absolute atomic E-state index is 0.128. The van der Waals surface area contributed by atoms with E-state index in [1.807, 2.05) is 6.92 Å². The lowest BCUT2D eigenvalue weighted by atomic mass is 10.2. The fourth-order valence-electron chi connectivity index (χ4n) is 1.05. The number of hydrogen-bond acceptors (Lipinski definition) is 4. The van der Waals surface area contributed by atoms with Crippen molar-refractivity contribution in [3.8, 4) is 0 Å². The van der Waals surface area contributed by atoms with E-state index in [1.165, 1.54) is 19.2 Å². The molecule has 0 radical (unpaired) electrons. The first-order chi connectivity index (χ1) is 7.27. The van der Waals surface area contributed by atoms with Crippen molar-refractivity contribution < 1.29 is 17.3 Å². The Balaban J connectivity index is 2.99. The van der Waals surface area contributed by atoms with Crippen molar-refractivity contribution in [2.24, 2.45) is 0 Å². The summed E-state index contributed by atoms with van der Waals surface area (Å²) in [6.45, 7) is 4.97. The molecule has 1 aromatic carbocycles. The van der Waals surface area contributed by atoms with Crippen molar-refractivity contribution in [3.05, 3.63) is 29.8 Å². The van der Waals surface area contributed by atoms with Crippen LogP contribution in [-0.2, 0) is 19.0 Å². The number of benzene rings is 1. The molecule has 0 N–H and O–H groups in total. The number of ether oxygens (including phenoxy) is 1. The van der Waals surface area contributed by atoms with Gasteiger partial charge in [-0.25, -0.2) is 4.18 Å². The van der Waals surface area contributed by atoms with Gasteiger partial charge in [0.2, 0.25) is 0 Å². The normalized spacial score (nSPS) is 12.8. The van der Waals surface area contributed by atoms with Crippen LogP contribution in [-0.4, -0.2) is 21.3 Å². The molecule has 0 bridgehead atoms. The molecule has 0 spiro atoms. The van der Waals surface area contributed by atoms with Crippen molar-refractivity contribution in [3.63, 3.8) is 0 Å². The van der Waals surface area contributed by atoms with Crippen molar-refractivity contribution in [2.45, 2.75) is 31.5 Å². The van der Waals surface area contributed by atoms with Crippen LogP contribution in [0.15, 0.2) is 29.2 Å². The summed E-state index contributed by atoms with van der Waals surface area (Å²) >= 11 is 0. The first-order valence-corrected chi connectivity index (χ1v) is 6.25. The summed E-state index contributed by atoms with van der Waals surface area (Å²) < 4.78 is 33.5. The second-order valence-corrected chi connectivity index (χ2v) is 5.50. The van der Waals surface area contributed by atoms with Crippen LogP contribution in [0.3, 0.4) is 0 Å². The van der Waals surface area contributed by atoms with Crippen LogP contribution < -0.4 is 0 Å². The van der Waals surface area contributed by atoms with Gasteiger partial charge in [-0.1, -0.05) is 17.7 Å². The van der Waals surface area contributed by atoms with Gasteiger partial charge in [0.1, 0.15) is 0 Å². The summed E-state index contributed by atoms with van der Waals surface area (Å²) in [5, 5.41) is 0. The van der Waals surface area contributed by atoms with Gasteiger partial charge in [0, 0.05) is 7.11 Å². The SMILES string of the molecule is COC(C)(C)OS(=O)(=O)c1ccc(C)cc1. The standard InChI is InChI=1S/C11H16O4S/c1-9-5-7-10(8-6-9)16(12,13)15-11(2,3)14-4/h5-8H,1-4H3. The van der Waals surface area contributed by atoms with Crippen LogP contribution in [0.1, 0.15) is 19.4 Å². The molecule has 16 heavy (non-hydrogen) atoms. The van der Waals surface area contributed by atoms with E-state index in [4.69, 9.17) is 8.92 Å². The van der Waals surface area contributed by atoms with Crippen LogP contribution in [0.25, 0.3) is 0 Å². The summed E-state index contributed by atoms with van der Waals surface area (Å²) in [6, 6.07) is 6.46. The minimum atomic E-state index is -3.77. The van der Waals surface area contributed by atoms with Crippen LogP contribution in [0.5, 0.6) is 0 Å². The average molecular weight is 244 g/mol. The Kier molecular flexibility index (Phi) is 3.72. The van der Waals surface area contributed by atoms with Crippen LogP contribution in [0.2, 0.25) is 0 Å². The zero-order chi connectivity index (χ0) is 12.4. The molecule has 5 heteroatoms. The van der Waals surface area contributed by atoms with Gasteiger partial charge in [-0.2, -0.15) is 8.42 Å². The maximum absolute atomic E-state index is 11.8. The molecule has 0 unspecified atom stereocenters. The zero-order valence-electron chi connectivity index (χ0n) is 9.85. The summed E-state index contributed by atoms with van der Waals surface area (Å²) in [6.07, 6.45) is 0. The molecule has 1 aromatic rings. The highest BCUT2D eigenvalue weighted by Gasteiger charge is 2.27. The Morgan fingerprint density at radius 2 is 1.62 bits per heavy atom. The van der Waals surface area contributed by atoms with Gasteiger partial charge in [-0.05, 0) is 32.9 Å². The molecule has 1 rings (SSSR count). The highest BCUT2D eigenvalue weighted by molar-refractivity contribution is 7.86. The third-order valence-corrected chi connectivity index (χ3v) is 3.58. The van der Waals surface area contributed by atoms with Gasteiger partial charge >= 0.3 is 0 Å². The van der Waals surface area contributed by atoms with E-state index in [0.717, 1.165) is 5.56 Å². The monoisotopic (exact) mass is 244 g/mol. The molecule has 4 nitrogen and oxygen atoms in total. The van der Waals surface area contributed by atoms with Gasteiger partial charge in [0.05, 0.1) is 4.90 Å². The third-order valence-electron chi connectivity index (χ3n) is 2.11. The number of methoxy groups -OCH3 is 1. The van der Waals surface area contributed by atoms with E-state index in [1.54, 1.807) is 26.0 Å². The molecule has 0 saturated carbocycles. The summed E-state index contributed by atoms with van der Waals surface area (Å²) in [4.78, 5) is 0.128. The van der Waals surface area contributed by atoms with E-state index in [0.29, 0.717) is 0 Å². The van der Waals surface area contributed by atoms with Crippen molar-refractivity contribution in [1.82, 2.24) is 0 Å². The number of rotatable bonds is 4. The lowest BCUT2D eigenvalue weighted by molar-refractivity contribution is -0.130. The summed E-state index contributed by atoms with van der Waals surface area (Å²) in [7, 11) is -2.38. The van der Waals surface area contributed by atoms with E-state index >= 15 is 0 Å². The Hall–Kier alpha value is -0.910. The predicted octanol–water partition coefficient (Wildman–Crippen LogP) is 2.08. The lowest BCUT2D eigenvalue weighted by Gasteiger charge is -2.22. The van der Waals surface area contributed by atoms with Gasteiger partial charge in [-0.15, -0.1) is 0 Å². The van der Waals surface area contributed by atoms with E-state index < -0.39 is 15.9 Å². The molecule has 0 aliphatic carbocycles. The van der Waals surface area contributed by atoms with E-state index in [2.05, 4.69) is 0 Å². The van der Waals surface area contributed by atoms with Crippen molar-refractivity contribution >= 4 is 10.1 Å². The fourth-order valence-corrected chi connectivity index (χ4v) is 2.21. The second-order valence-electron chi connectivity index (χ2n) is 3.95. The quantitative estimate of drug-likeness (QED) is 0.601. The molecule has 0 atom stereocenters. The maximum atomic E-state index is 11.8. The smallest absolute Gasteiger partial charge is 0.299 e. The topological polar surface area (TPSA) is 52.6 Å². The second kappa shape index (κ2) is 4.53. The largest absolute Gasteiger partial charge is 0.352 e. The summed E-state index contributed by atoms with van der Waals surface area (Å²) in [5.41, 5.74) is 0.991. The van der Waals surface area contributed by atoms with Crippen LogP contribution >= 0.6 is 0 Å². The van der Waals surface area contributed by atoms with Gasteiger partial charge in [-0.3, -0.25) is 0 Å². The first-order valence-electron chi connectivity index (χ1n) is 4.84. The Labute approximate surface area is 96.3 Å². The van der Waals surface area contributed by atoms with Crippen molar-refractivity contribution in [2.75, 3.05) is 7.11 Å². The summed E-state index contributed by atoms with van der Waals surface area (Å²) in [5.74, 6) is -1.16. The van der Waals surface area contributed by atoms with Crippen LogP contribution in [0, 0.1) is 6.92 Å². The Morgan fingerprint density at radius 3 is 2.06 bits per heavy atom. The molecular formula is C11H16O4S. The van der Waals surface area contributed by atoms with Gasteiger partial charge in [0.15, 0.2) is 5.79 Å². The average Bonchev–Trinajstić information content (AvgIpc) is 2.17. The maximum Gasteiger partial charge on any atom is 0.299 e. The van der Waals surface area contributed by atoms with E-state index in [9.17, 15) is 8.42 Å². The minimum Gasteiger partial charge on any atom is -0.352 e. The Bertz CT molecular complexity index is 445. The predicted molar refractivity (Wildman–Crippen MR) is 60.5 cm³/mol. The molecule has 0 heterocycles. The lowest BCUT2D eigenvalue weighted by Crippen LogP contribution is -2.30. The number of hydrogen-bond donors (Lipinski definition) is 0. The van der Waals surface area contributed by atoms with Crippen molar-refractivity contribution in [1.29, 1.82) is 0 Å². The molecule has 0 aromatic heterocycles. The van der Waals surface area contributed by atoms with E-state index in [-0.39, 0.29) is 4.90 Å². The van der Waals surface area contributed by atoms with Gasteiger partial charge in [0.25, 0.3) is 10.1 Å². The first kappa shape index (κ1) is 13.2. The molecule has 0 amide bonds. The third kappa shape index (κ3) is 3.30. The zero-order valence-corrected chi connectivity index (χ0v) is 10.7. The molecule has 0 saturated heterocycles. The molecule has 0 aliphatic heterocycles. The number of aryl methyl sites for hydroxylation is 1. The van der Waals surface area contributed by atoms with Crippen LogP contribution in [0.4, 0.5) is 0 Å². The Morgan fingerprint density at radius 1 is 1.12 bits per heavy atom. The molecule has 90 valence electrons. The highest BCUT2D eigenvalue weighted by Crippen LogP contribution is 2.20. The highest BCUT2D eigenvalue weighted by atomic mass is 32.2. The molecular weight excluding hydrogens is 228 g/mol. The molecule has 0 aliphatic rings.